The maximum absolute atomic E-state index is 6.31. The van der Waals surface area contributed by atoms with E-state index in [-0.39, 0.29) is 6.04 Å². The number of likely N-dealkylation sites (N-methyl/N-ethyl adjacent to an activating group) is 1. The zero-order valence-electron chi connectivity index (χ0n) is 10.6. The van der Waals surface area contributed by atoms with E-state index >= 15 is 0 Å². The van der Waals surface area contributed by atoms with Crippen molar-refractivity contribution in [1.29, 1.82) is 0 Å². The van der Waals surface area contributed by atoms with E-state index in [2.05, 4.69) is 26.1 Å². The van der Waals surface area contributed by atoms with Gasteiger partial charge in [-0.2, -0.15) is 13.8 Å². The van der Waals surface area contributed by atoms with Gasteiger partial charge in [0.2, 0.25) is 0 Å². The summed E-state index contributed by atoms with van der Waals surface area (Å²) >= 11 is 7.53. The number of nitrogens with zero attached hydrogens (tertiary/aromatic N) is 4. The fourth-order valence-electron chi connectivity index (χ4n) is 1.94. The summed E-state index contributed by atoms with van der Waals surface area (Å²) in [4.78, 5) is 0. The van der Waals surface area contributed by atoms with Gasteiger partial charge in [0.25, 0.3) is 0 Å². The average Bonchev–Trinajstić information content (AvgIpc) is 2.98. The van der Waals surface area contributed by atoms with E-state index < -0.39 is 0 Å². The van der Waals surface area contributed by atoms with Crippen LogP contribution in [-0.4, -0.2) is 25.6 Å². The van der Waals surface area contributed by atoms with Crippen molar-refractivity contribution in [2.24, 2.45) is 0 Å². The molecule has 7 heteroatoms. The molecule has 0 aliphatic rings. The van der Waals surface area contributed by atoms with Gasteiger partial charge in [0.05, 0.1) is 46.1 Å². The molecule has 18 heavy (non-hydrogen) atoms. The second-order valence-corrected chi connectivity index (χ2v) is 4.97. The minimum absolute atomic E-state index is 0.114. The molecular formula is C11H16ClN5S. The normalized spacial score (nSPS) is 12.9. The number of aryl methyl sites for hydroxylation is 2. The molecular weight excluding hydrogens is 270 g/mol. The Morgan fingerprint density at radius 2 is 2.33 bits per heavy atom. The fraction of sp³-hybridized carbons (Fsp3) is 0.545. The van der Waals surface area contributed by atoms with Gasteiger partial charge < -0.3 is 5.32 Å². The van der Waals surface area contributed by atoms with E-state index in [1.807, 2.05) is 18.7 Å². The first-order valence-corrected chi connectivity index (χ1v) is 6.94. The van der Waals surface area contributed by atoms with E-state index in [0.717, 1.165) is 35.1 Å². The molecule has 2 aromatic heterocycles. The van der Waals surface area contributed by atoms with Gasteiger partial charge in [-0.25, -0.2) is 0 Å². The molecule has 1 N–H and O–H groups in total. The second kappa shape index (κ2) is 5.77. The highest BCUT2D eigenvalue weighted by Crippen LogP contribution is 2.25. The van der Waals surface area contributed by atoms with E-state index in [4.69, 9.17) is 11.6 Å². The molecule has 0 saturated heterocycles. The van der Waals surface area contributed by atoms with Gasteiger partial charge in [0.1, 0.15) is 0 Å². The predicted molar refractivity (Wildman–Crippen MR) is 73.1 cm³/mol. The lowest BCUT2D eigenvalue weighted by Gasteiger charge is -2.14. The van der Waals surface area contributed by atoms with E-state index in [1.165, 1.54) is 11.7 Å². The molecule has 0 bridgehead atoms. The second-order valence-electron chi connectivity index (χ2n) is 4.04. The molecule has 0 radical (unpaired) electrons. The van der Waals surface area contributed by atoms with Crippen molar-refractivity contribution in [2.75, 3.05) is 7.05 Å². The van der Waals surface area contributed by atoms with E-state index in [9.17, 15) is 0 Å². The molecule has 5 nitrogen and oxygen atoms in total. The van der Waals surface area contributed by atoms with Crippen LogP contribution in [0.15, 0.2) is 6.20 Å². The Labute approximate surface area is 116 Å². The molecule has 0 aliphatic heterocycles. The molecule has 2 heterocycles. The number of hydrogen-bond donors (Lipinski definition) is 1. The highest BCUT2D eigenvalue weighted by molar-refractivity contribution is 6.99. The summed E-state index contributed by atoms with van der Waals surface area (Å²) < 4.78 is 10.3. The molecule has 1 unspecified atom stereocenters. The number of hydrogen-bond acceptors (Lipinski definition) is 5. The van der Waals surface area contributed by atoms with Crippen LogP contribution in [0.25, 0.3) is 0 Å². The predicted octanol–water partition coefficient (Wildman–Crippen LogP) is 2.22. The van der Waals surface area contributed by atoms with Crippen LogP contribution in [-0.2, 0) is 13.0 Å². The van der Waals surface area contributed by atoms with Crippen LogP contribution in [0, 0.1) is 6.92 Å². The standard InChI is InChI=1S/C11H16ClN5S/c1-4-17-10(11(12)7(2)15-17)5-8(13-3)9-6-14-18-16-9/h6,8,13H,4-5H2,1-3H3. The zero-order chi connectivity index (χ0) is 13.1. The molecule has 1 atom stereocenters. The van der Waals surface area contributed by atoms with Crippen molar-refractivity contribution < 1.29 is 0 Å². The van der Waals surface area contributed by atoms with Gasteiger partial charge in [-0.1, -0.05) is 11.6 Å². The summed E-state index contributed by atoms with van der Waals surface area (Å²) in [6.07, 6.45) is 2.55. The first-order valence-electron chi connectivity index (χ1n) is 5.83. The molecule has 2 rings (SSSR count). The maximum Gasteiger partial charge on any atom is 0.0916 e. The Bertz CT molecular complexity index is 508. The molecule has 0 fully saturated rings. The van der Waals surface area contributed by atoms with Crippen LogP contribution in [0.5, 0.6) is 0 Å². The molecule has 0 spiro atoms. The van der Waals surface area contributed by atoms with Gasteiger partial charge in [0, 0.05) is 13.0 Å². The number of rotatable bonds is 5. The Balaban J connectivity index is 2.27. The summed E-state index contributed by atoms with van der Waals surface area (Å²) in [5.74, 6) is 0. The Kier molecular flexibility index (Phi) is 4.31. The molecule has 0 amide bonds. The first-order chi connectivity index (χ1) is 8.67. The lowest BCUT2D eigenvalue weighted by Crippen LogP contribution is -2.21. The smallest absolute Gasteiger partial charge is 0.0916 e. The Morgan fingerprint density at radius 3 is 2.89 bits per heavy atom. The van der Waals surface area contributed by atoms with Crippen LogP contribution in [0.4, 0.5) is 0 Å². The number of halogens is 1. The third kappa shape index (κ3) is 2.55. The number of nitrogens with one attached hydrogen (secondary N) is 1. The average molecular weight is 286 g/mol. The van der Waals surface area contributed by atoms with E-state index in [1.54, 1.807) is 6.20 Å². The topological polar surface area (TPSA) is 55.6 Å². The Morgan fingerprint density at radius 1 is 1.56 bits per heavy atom. The van der Waals surface area contributed by atoms with Crippen LogP contribution < -0.4 is 5.32 Å². The van der Waals surface area contributed by atoms with Crippen molar-refractivity contribution >= 4 is 23.3 Å². The molecule has 0 saturated carbocycles. The van der Waals surface area contributed by atoms with Gasteiger partial charge in [-0.3, -0.25) is 4.68 Å². The van der Waals surface area contributed by atoms with Crippen LogP contribution in [0.2, 0.25) is 5.02 Å². The van der Waals surface area contributed by atoms with Crippen molar-refractivity contribution in [3.05, 3.63) is 28.3 Å². The fourth-order valence-corrected chi connectivity index (χ4v) is 2.62. The largest absolute Gasteiger partial charge is 0.311 e. The highest BCUT2D eigenvalue weighted by atomic mass is 35.5. The first kappa shape index (κ1) is 13.5. The molecule has 0 aliphatic carbocycles. The van der Waals surface area contributed by atoms with Gasteiger partial charge in [0.15, 0.2) is 0 Å². The zero-order valence-corrected chi connectivity index (χ0v) is 12.2. The van der Waals surface area contributed by atoms with Crippen molar-refractivity contribution in [3.8, 4) is 0 Å². The monoisotopic (exact) mass is 285 g/mol. The van der Waals surface area contributed by atoms with Gasteiger partial charge >= 0.3 is 0 Å². The van der Waals surface area contributed by atoms with E-state index in [0.29, 0.717) is 0 Å². The summed E-state index contributed by atoms with van der Waals surface area (Å²) in [7, 11) is 1.91. The minimum Gasteiger partial charge on any atom is -0.311 e. The van der Waals surface area contributed by atoms with Crippen molar-refractivity contribution in [3.63, 3.8) is 0 Å². The number of aromatic nitrogens is 4. The highest BCUT2D eigenvalue weighted by Gasteiger charge is 2.19. The maximum atomic E-state index is 6.31. The third-order valence-corrected chi connectivity index (χ3v) is 3.92. The van der Waals surface area contributed by atoms with Crippen LogP contribution in [0.1, 0.15) is 30.0 Å². The molecule has 0 aromatic carbocycles. The summed E-state index contributed by atoms with van der Waals surface area (Å²) in [5, 5.41) is 8.42. The molecule has 98 valence electrons. The van der Waals surface area contributed by atoms with Crippen LogP contribution >= 0.6 is 23.3 Å². The quantitative estimate of drug-likeness (QED) is 0.915. The third-order valence-electron chi connectivity index (χ3n) is 2.93. The summed E-state index contributed by atoms with van der Waals surface area (Å²) in [6.45, 7) is 4.80. The lowest BCUT2D eigenvalue weighted by molar-refractivity contribution is 0.534. The van der Waals surface area contributed by atoms with Crippen molar-refractivity contribution in [1.82, 2.24) is 23.8 Å². The summed E-state index contributed by atoms with van der Waals surface area (Å²) in [5.41, 5.74) is 2.86. The molecule has 2 aromatic rings. The SMILES string of the molecule is CCn1nc(C)c(Cl)c1CC(NC)c1cnsn1. The Hall–Kier alpha value is -0.980. The van der Waals surface area contributed by atoms with Gasteiger partial charge in [-0.05, 0) is 20.9 Å². The minimum atomic E-state index is 0.114. The van der Waals surface area contributed by atoms with Gasteiger partial charge in [-0.15, -0.1) is 0 Å². The lowest BCUT2D eigenvalue weighted by atomic mass is 10.1. The van der Waals surface area contributed by atoms with Crippen molar-refractivity contribution in [2.45, 2.75) is 32.9 Å². The van der Waals surface area contributed by atoms with Crippen LogP contribution in [0.3, 0.4) is 0 Å². The summed E-state index contributed by atoms with van der Waals surface area (Å²) in [6, 6.07) is 0.114.